The minimum Gasteiger partial charge on any atom is -0.361 e. The van der Waals surface area contributed by atoms with Crippen molar-refractivity contribution in [1.29, 1.82) is 0 Å². The summed E-state index contributed by atoms with van der Waals surface area (Å²) < 4.78 is 5.20. The van der Waals surface area contributed by atoms with E-state index in [1.54, 1.807) is 0 Å². The molecule has 3 rings (SSSR count). The van der Waals surface area contributed by atoms with Crippen molar-refractivity contribution >= 4 is 5.91 Å². The van der Waals surface area contributed by atoms with Gasteiger partial charge in [-0.05, 0) is 65.7 Å². The van der Waals surface area contributed by atoms with Gasteiger partial charge in [0.05, 0.1) is 5.69 Å². The lowest BCUT2D eigenvalue weighted by molar-refractivity contribution is 0.0764. The summed E-state index contributed by atoms with van der Waals surface area (Å²) in [4.78, 5) is 17.7. The standard InChI is InChI=1S/C18H30N4O2/c1-4-16-17(13(2)24-20-16)18(23)19-14-6-5-9-22(12-14)15-7-10-21(3)11-8-15/h14-15H,4-12H2,1-3H3,(H,19,23). The molecule has 1 unspecified atom stereocenters. The smallest absolute Gasteiger partial charge is 0.257 e. The van der Waals surface area contributed by atoms with Gasteiger partial charge in [0.1, 0.15) is 11.3 Å². The van der Waals surface area contributed by atoms with E-state index in [0.29, 0.717) is 23.8 Å². The number of nitrogens with zero attached hydrogens (tertiary/aromatic N) is 3. The van der Waals surface area contributed by atoms with Gasteiger partial charge in [-0.15, -0.1) is 0 Å². The first-order chi connectivity index (χ1) is 11.6. The van der Waals surface area contributed by atoms with Crippen molar-refractivity contribution in [3.63, 3.8) is 0 Å². The van der Waals surface area contributed by atoms with Crippen LogP contribution in [-0.2, 0) is 6.42 Å². The zero-order valence-electron chi connectivity index (χ0n) is 15.2. The van der Waals surface area contributed by atoms with Crippen LogP contribution in [0.4, 0.5) is 0 Å². The quantitative estimate of drug-likeness (QED) is 0.910. The largest absolute Gasteiger partial charge is 0.361 e. The topological polar surface area (TPSA) is 61.6 Å². The number of carbonyl (C=O) groups is 1. The highest BCUT2D eigenvalue weighted by Crippen LogP contribution is 2.21. The summed E-state index contributed by atoms with van der Waals surface area (Å²) >= 11 is 0. The van der Waals surface area contributed by atoms with Crippen LogP contribution >= 0.6 is 0 Å². The van der Waals surface area contributed by atoms with Gasteiger partial charge in [-0.2, -0.15) is 0 Å². The summed E-state index contributed by atoms with van der Waals surface area (Å²) in [5, 5.41) is 7.22. The van der Waals surface area contributed by atoms with E-state index < -0.39 is 0 Å². The lowest BCUT2D eigenvalue weighted by Crippen LogP contribution is -2.53. The third-order valence-corrected chi connectivity index (χ3v) is 5.49. The maximum Gasteiger partial charge on any atom is 0.257 e. The molecule has 0 bridgehead atoms. The zero-order valence-corrected chi connectivity index (χ0v) is 15.2. The molecule has 0 aliphatic carbocycles. The fraction of sp³-hybridized carbons (Fsp3) is 0.778. The van der Waals surface area contributed by atoms with Gasteiger partial charge in [0, 0.05) is 18.6 Å². The van der Waals surface area contributed by atoms with Crippen molar-refractivity contribution in [2.24, 2.45) is 0 Å². The second-order valence-corrected chi connectivity index (χ2v) is 7.26. The Hall–Kier alpha value is -1.40. The summed E-state index contributed by atoms with van der Waals surface area (Å²) in [5.74, 6) is 0.591. The molecule has 1 aromatic rings. The van der Waals surface area contributed by atoms with E-state index in [9.17, 15) is 4.79 Å². The van der Waals surface area contributed by atoms with E-state index in [1.165, 1.54) is 25.9 Å². The van der Waals surface area contributed by atoms with Gasteiger partial charge < -0.3 is 14.7 Å². The van der Waals surface area contributed by atoms with Crippen molar-refractivity contribution in [2.75, 3.05) is 33.2 Å². The number of rotatable bonds is 4. The van der Waals surface area contributed by atoms with Crippen LogP contribution in [-0.4, -0.2) is 66.2 Å². The molecule has 2 fully saturated rings. The van der Waals surface area contributed by atoms with Crippen molar-refractivity contribution in [3.05, 3.63) is 17.0 Å². The number of carbonyl (C=O) groups excluding carboxylic acids is 1. The minimum atomic E-state index is -0.0270. The van der Waals surface area contributed by atoms with Crippen LogP contribution < -0.4 is 5.32 Å². The maximum atomic E-state index is 12.7. The molecular formula is C18H30N4O2. The Kier molecular flexibility index (Phi) is 5.56. The number of aryl methyl sites for hydroxylation is 2. The molecule has 0 saturated carbocycles. The summed E-state index contributed by atoms with van der Waals surface area (Å²) in [7, 11) is 2.20. The molecule has 6 nitrogen and oxygen atoms in total. The lowest BCUT2D eigenvalue weighted by atomic mass is 9.98. The molecule has 1 amide bonds. The third kappa shape index (κ3) is 3.81. The predicted octanol–water partition coefficient (Wildman–Crippen LogP) is 1.83. The van der Waals surface area contributed by atoms with Crippen LogP contribution in [0, 0.1) is 6.92 Å². The highest BCUT2D eigenvalue weighted by Gasteiger charge is 2.30. The van der Waals surface area contributed by atoms with Crippen molar-refractivity contribution in [1.82, 2.24) is 20.3 Å². The number of amides is 1. The first-order valence-corrected chi connectivity index (χ1v) is 9.27. The minimum absolute atomic E-state index is 0.0270. The zero-order chi connectivity index (χ0) is 17.1. The Morgan fingerprint density at radius 3 is 2.75 bits per heavy atom. The Balaban J connectivity index is 1.59. The maximum absolute atomic E-state index is 12.7. The number of aromatic nitrogens is 1. The molecule has 1 N–H and O–H groups in total. The third-order valence-electron chi connectivity index (χ3n) is 5.49. The highest BCUT2D eigenvalue weighted by atomic mass is 16.5. The van der Waals surface area contributed by atoms with Gasteiger partial charge in [0.15, 0.2) is 0 Å². The Labute approximate surface area is 144 Å². The molecular weight excluding hydrogens is 304 g/mol. The molecule has 2 aliphatic rings. The van der Waals surface area contributed by atoms with E-state index in [0.717, 1.165) is 31.6 Å². The van der Waals surface area contributed by atoms with Gasteiger partial charge in [-0.3, -0.25) is 9.69 Å². The first kappa shape index (κ1) is 17.4. The van der Waals surface area contributed by atoms with E-state index in [1.807, 2.05) is 13.8 Å². The van der Waals surface area contributed by atoms with Gasteiger partial charge in [-0.1, -0.05) is 12.1 Å². The monoisotopic (exact) mass is 334 g/mol. The van der Waals surface area contributed by atoms with E-state index in [2.05, 4.69) is 27.3 Å². The molecule has 24 heavy (non-hydrogen) atoms. The number of likely N-dealkylation sites (tertiary alicyclic amines) is 2. The van der Waals surface area contributed by atoms with Crippen LogP contribution in [0.15, 0.2) is 4.52 Å². The molecule has 0 spiro atoms. The summed E-state index contributed by atoms with van der Waals surface area (Å²) in [5.41, 5.74) is 1.39. The van der Waals surface area contributed by atoms with E-state index in [-0.39, 0.29) is 11.9 Å². The second kappa shape index (κ2) is 7.66. The lowest BCUT2D eigenvalue weighted by Gasteiger charge is -2.41. The van der Waals surface area contributed by atoms with Crippen LogP contribution in [0.3, 0.4) is 0 Å². The molecule has 0 radical (unpaired) electrons. The van der Waals surface area contributed by atoms with Crippen LogP contribution in [0.2, 0.25) is 0 Å². The number of piperidine rings is 2. The second-order valence-electron chi connectivity index (χ2n) is 7.26. The number of hydrogen-bond acceptors (Lipinski definition) is 5. The average molecular weight is 334 g/mol. The summed E-state index contributed by atoms with van der Waals surface area (Å²) in [6.45, 7) is 8.29. The molecule has 2 saturated heterocycles. The first-order valence-electron chi connectivity index (χ1n) is 9.27. The fourth-order valence-electron chi connectivity index (χ4n) is 4.02. The van der Waals surface area contributed by atoms with Gasteiger partial charge in [0.25, 0.3) is 5.91 Å². The normalized spacial score (nSPS) is 24.2. The van der Waals surface area contributed by atoms with Gasteiger partial charge in [0.2, 0.25) is 0 Å². The number of hydrogen-bond donors (Lipinski definition) is 1. The molecule has 1 aromatic heterocycles. The predicted molar refractivity (Wildman–Crippen MR) is 93.2 cm³/mol. The SMILES string of the molecule is CCc1noc(C)c1C(=O)NC1CCCN(C2CCN(C)CC2)C1. The van der Waals surface area contributed by atoms with Gasteiger partial charge >= 0.3 is 0 Å². The van der Waals surface area contributed by atoms with Crippen molar-refractivity contribution < 1.29 is 9.32 Å². The van der Waals surface area contributed by atoms with Gasteiger partial charge in [-0.25, -0.2) is 0 Å². The molecule has 2 aliphatic heterocycles. The number of nitrogens with one attached hydrogen (secondary N) is 1. The van der Waals surface area contributed by atoms with E-state index >= 15 is 0 Å². The highest BCUT2D eigenvalue weighted by molar-refractivity contribution is 5.96. The Morgan fingerprint density at radius 1 is 1.29 bits per heavy atom. The summed E-state index contributed by atoms with van der Waals surface area (Å²) in [6, 6.07) is 0.898. The van der Waals surface area contributed by atoms with Crippen LogP contribution in [0.1, 0.15) is 54.4 Å². The van der Waals surface area contributed by atoms with Crippen LogP contribution in [0.25, 0.3) is 0 Å². The molecule has 3 heterocycles. The summed E-state index contributed by atoms with van der Waals surface area (Å²) in [6.07, 6.45) is 5.40. The Bertz CT molecular complexity index is 563. The van der Waals surface area contributed by atoms with Crippen LogP contribution in [0.5, 0.6) is 0 Å². The van der Waals surface area contributed by atoms with Crippen molar-refractivity contribution in [3.8, 4) is 0 Å². The average Bonchev–Trinajstić information content (AvgIpc) is 2.96. The fourth-order valence-corrected chi connectivity index (χ4v) is 4.02. The van der Waals surface area contributed by atoms with E-state index in [4.69, 9.17) is 4.52 Å². The molecule has 1 atom stereocenters. The molecule has 6 heteroatoms. The Morgan fingerprint density at radius 2 is 2.04 bits per heavy atom. The molecule has 134 valence electrons. The molecule has 0 aromatic carbocycles. The van der Waals surface area contributed by atoms with Crippen molar-refractivity contribution in [2.45, 2.75) is 58.0 Å².